The molecule has 3 aliphatic rings. The maximum absolute atomic E-state index is 12.8. The molecule has 6 heteroatoms. The molecule has 2 N–H and O–H groups in total. The summed E-state index contributed by atoms with van der Waals surface area (Å²) in [4.78, 5) is 27.7. The second-order valence-electron chi connectivity index (χ2n) is 7.01. The minimum absolute atomic E-state index is 0.0241. The van der Waals surface area contributed by atoms with Crippen LogP contribution in [0, 0.1) is 5.92 Å². The number of likely N-dealkylation sites (tertiary alicyclic amines) is 1. The summed E-state index contributed by atoms with van der Waals surface area (Å²) in [6.45, 7) is 3.03. The second-order valence-corrected chi connectivity index (χ2v) is 7.01. The molecule has 0 radical (unpaired) electrons. The highest BCUT2D eigenvalue weighted by atomic mass is 16.4. The van der Waals surface area contributed by atoms with Gasteiger partial charge in [0, 0.05) is 25.2 Å². The van der Waals surface area contributed by atoms with Crippen molar-refractivity contribution in [2.24, 2.45) is 5.92 Å². The van der Waals surface area contributed by atoms with Crippen molar-refractivity contribution < 1.29 is 19.8 Å². The van der Waals surface area contributed by atoms with E-state index in [2.05, 4.69) is 0 Å². The van der Waals surface area contributed by atoms with Gasteiger partial charge in [0.1, 0.15) is 0 Å². The predicted molar refractivity (Wildman–Crippen MR) is 75.8 cm³/mol. The highest BCUT2D eigenvalue weighted by Crippen LogP contribution is 2.42. The van der Waals surface area contributed by atoms with E-state index in [1.54, 1.807) is 4.90 Å². The van der Waals surface area contributed by atoms with Gasteiger partial charge >= 0.3 is 12.0 Å². The average Bonchev–Trinajstić information content (AvgIpc) is 2.93. The third kappa shape index (κ3) is 2.61. The third-order valence-corrected chi connectivity index (χ3v) is 5.41. The average molecular weight is 296 g/mol. The molecule has 4 atom stereocenters. The van der Waals surface area contributed by atoms with Gasteiger partial charge in [-0.1, -0.05) is 0 Å². The first-order chi connectivity index (χ1) is 9.89. The Bertz CT molecular complexity index is 451. The molecule has 0 spiro atoms. The molecule has 3 saturated heterocycles. The Labute approximate surface area is 124 Å². The number of aliphatic carboxylic acids is 1. The smallest absolute Gasteiger partial charge is 0.320 e. The summed E-state index contributed by atoms with van der Waals surface area (Å²) in [7, 11) is 0. The predicted octanol–water partition coefficient (Wildman–Crippen LogP) is 1.28. The highest BCUT2D eigenvalue weighted by molar-refractivity contribution is 5.79. The van der Waals surface area contributed by atoms with Gasteiger partial charge in [0.25, 0.3) is 0 Å². The van der Waals surface area contributed by atoms with Crippen LogP contribution in [0.4, 0.5) is 4.79 Å². The van der Waals surface area contributed by atoms with Gasteiger partial charge in [-0.2, -0.15) is 0 Å². The molecule has 0 aliphatic carbocycles. The third-order valence-electron chi connectivity index (χ3n) is 5.41. The minimum atomic E-state index is -0.779. The molecule has 0 aromatic carbocycles. The van der Waals surface area contributed by atoms with Gasteiger partial charge in [-0.25, -0.2) is 4.79 Å². The molecular formula is C15H24N2O4. The molecule has 118 valence electrons. The monoisotopic (exact) mass is 296 g/mol. The van der Waals surface area contributed by atoms with Crippen LogP contribution in [-0.2, 0) is 4.79 Å². The molecule has 21 heavy (non-hydrogen) atoms. The van der Waals surface area contributed by atoms with Crippen molar-refractivity contribution in [2.75, 3.05) is 13.1 Å². The van der Waals surface area contributed by atoms with Gasteiger partial charge in [0.2, 0.25) is 0 Å². The van der Waals surface area contributed by atoms with Gasteiger partial charge < -0.3 is 20.0 Å². The molecular weight excluding hydrogens is 272 g/mol. The van der Waals surface area contributed by atoms with Crippen molar-refractivity contribution in [1.29, 1.82) is 0 Å². The normalized spacial score (nSPS) is 39.4. The lowest BCUT2D eigenvalue weighted by Crippen LogP contribution is -2.47. The first kappa shape index (κ1) is 14.6. The van der Waals surface area contributed by atoms with Crippen molar-refractivity contribution >= 4 is 12.0 Å². The fraction of sp³-hybridized carbons (Fsp3) is 0.867. The number of carboxylic acids is 1. The Balaban J connectivity index is 1.70. The van der Waals surface area contributed by atoms with Crippen LogP contribution >= 0.6 is 0 Å². The number of nitrogens with zero attached hydrogens (tertiary/aromatic N) is 2. The summed E-state index contributed by atoms with van der Waals surface area (Å²) in [5.74, 6) is -1.18. The number of amides is 2. The lowest BCUT2D eigenvalue weighted by Gasteiger charge is -2.31. The van der Waals surface area contributed by atoms with Crippen LogP contribution in [-0.4, -0.2) is 62.8 Å². The van der Waals surface area contributed by atoms with Crippen molar-refractivity contribution in [3.63, 3.8) is 0 Å². The fourth-order valence-electron chi connectivity index (χ4n) is 4.17. The standard InChI is InChI=1S/C15H24N2O4/c1-15(21)5-2-7-16(8-6-15)14(20)17-10-3-4-12(17)11(9-10)13(18)19/h10-12,21H,2-9H2,1H3,(H,18,19). The molecule has 6 nitrogen and oxygen atoms in total. The van der Waals surface area contributed by atoms with Crippen molar-refractivity contribution in [2.45, 2.75) is 63.1 Å². The van der Waals surface area contributed by atoms with Crippen molar-refractivity contribution in [3.05, 3.63) is 0 Å². The Morgan fingerprint density at radius 2 is 1.95 bits per heavy atom. The zero-order valence-electron chi connectivity index (χ0n) is 12.5. The van der Waals surface area contributed by atoms with Crippen LogP contribution in [0.1, 0.15) is 45.4 Å². The van der Waals surface area contributed by atoms with E-state index in [0.29, 0.717) is 32.4 Å². The fourth-order valence-corrected chi connectivity index (χ4v) is 4.17. The number of carbonyl (C=O) groups is 2. The second kappa shape index (κ2) is 5.16. The number of hydrogen-bond donors (Lipinski definition) is 2. The summed E-state index contributed by atoms with van der Waals surface area (Å²) in [6.07, 6.45) is 4.41. The molecule has 4 unspecified atom stereocenters. The number of rotatable bonds is 1. The van der Waals surface area contributed by atoms with E-state index in [4.69, 9.17) is 0 Å². The van der Waals surface area contributed by atoms with Gasteiger partial charge in [-0.15, -0.1) is 0 Å². The topological polar surface area (TPSA) is 81.1 Å². The SMILES string of the molecule is CC1(O)CCCN(C(=O)N2C3CCC2C(C(=O)O)C3)CC1. The maximum Gasteiger partial charge on any atom is 0.320 e. The van der Waals surface area contributed by atoms with Gasteiger partial charge in [-0.3, -0.25) is 4.79 Å². The number of fused-ring (bicyclic) bond motifs is 2. The number of hydrogen-bond acceptors (Lipinski definition) is 3. The van der Waals surface area contributed by atoms with Gasteiger partial charge in [0.15, 0.2) is 0 Å². The molecule has 0 aromatic rings. The summed E-state index contributed by atoms with van der Waals surface area (Å²) >= 11 is 0. The van der Waals surface area contributed by atoms with Crippen LogP contribution in [0.5, 0.6) is 0 Å². The van der Waals surface area contributed by atoms with Crippen molar-refractivity contribution in [3.8, 4) is 0 Å². The number of carboxylic acid groups (broad SMARTS) is 1. The molecule has 3 aliphatic heterocycles. The Morgan fingerprint density at radius 3 is 2.62 bits per heavy atom. The minimum Gasteiger partial charge on any atom is -0.481 e. The Hall–Kier alpha value is -1.30. The molecule has 3 fully saturated rings. The lowest BCUT2D eigenvalue weighted by atomic mass is 9.89. The number of carbonyl (C=O) groups excluding carboxylic acids is 1. The lowest BCUT2D eigenvalue weighted by molar-refractivity contribution is -0.142. The van der Waals surface area contributed by atoms with E-state index >= 15 is 0 Å². The summed E-state index contributed by atoms with van der Waals surface area (Å²) < 4.78 is 0. The van der Waals surface area contributed by atoms with Gasteiger partial charge in [-0.05, 0) is 45.4 Å². The van der Waals surface area contributed by atoms with Crippen LogP contribution < -0.4 is 0 Å². The Kier molecular flexibility index (Phi) is 3.59. The van der Waals surface area contributed by atoms with Crippen LogP contribution in [0.2, 0.25) is 0 Å². The molecule has 3 heterocycles. The summed E-state index contributed by atoms with van der Waals surface area (Å²) in [6, 6.07) is -0.0694. The first-order valence-corrected chi connectivity index (χ1v) is 7.91. The molecule has 3 rings (SSSR count). The molecule has 2 amide bonds. The van der Waals surface area contributed by atoms with Crippen LogP contribution in [0.25, 0.3) is 0 Å². The van der Waals surface area contributed by atoms with E-state index in [1.807, 2.05) is 11.8 Å². The van der Waals surface area contributed by atoms with E-state index in [-0.39, 0.29) is 18.1 Å². The zero-order valence-corrected chi connectivity index (χ0v) is 12.5. The van der Waals surface area contributed by atoms with E-state index in [1.165, 1.54) is 0 Å². The zero-order chi connectivity index (χ0) is 15.2. The summed E-state index contributed by atoms with van der Waals surface area (Å²) in [5.41, 5.74) is -0.692. The van der Waals surface area contributed by atoms with E-state index < -0.39 is 17.5 Å². The summed E-state index contributed by atoms with van der Waals surface area (Å²) in [5, 5.41) is 19.4. The quantitative estimate of drug-likeness (QED) is 0.764. The van der Waals surface area contributed by atoms with Crippen LogP contribution in [0.15, 0.2) is 0 Å². The largest absolute Gasteiger partial charge is 0.481 e. The van der Waals surface area contributed by atoms with Crippen molar-refractivity contribution in [1.82, 2.24) is 9.80 Å². The first-order valence-electron chi connectivity index (χ1n) is 7.91. The van der Waals surface area contributed by atoms with Crippen LogP contribution in [0.3, 0.4) is 0 Å². The molecule has 2 bridgehead atoms. The maximum atomic E-state index is 12.8. The number of urea groups is 1. The Morgan fingerprint density at radius 1 is 1.19 bits per heavy atom. The van der Waals surface area contributed by atoms with Gasteiger partial charge in [0.05, 0.1) is 11.5 Å². The molecule has 0 saturated carbocycles. The van der Waals surface area contributed by atoms with E-state index in [9.17, 15) is 19.8 Å². The number of aliphatic hydroxyl groups is 1. The molecule has 0 aromatic heterocycles. The van der Waals surface area contributed by atoms with E-state index in [0.717, 1.165) is 19.3 Å². The highest BCUT2D eigenvalue weighted by Gasteiger charge is 2.52.